The molecule has 4 nitrogen and oxygen atoms in total. The largest absolute Gasteiger partial charge is 0.274 e. The van der Waals surface area contributed by atoms with Crippen molar-refractivity contribution in [2.24, 2.45) is 11.8 Å². The fourth-order valence-electron chi connectivity index (χ4n) is 5.89. The molecule has 2 amide bonds. The summed E-state index contributed by atoms with van der Waals surface area (Å²) in [5.41, 5.74) is 4.03. The maximum Gasteiger partial charge on any atom is 0.240 e. The zero-order valence-electron chi connectivity index (χ0n) is 15.7. The number of hydrogen-bond donors (Lipinski definition) is 0. The van der Waals surface area contributed by atoms with Gasteiger partial charge in [-0.3, -0.25) is 9.59 Å². The van der Waals surface area contributed by atoms with Gasteiger partial charge in [-0.15, -0.1) is 0 Å². The Kier molecular flexibility index (Phi) is 3.24. The third-order valence-electron chi connectivity index (χ3n) is 6.98. The molecule has 142 valence electrons. The number of carbonyl (C=O) groups is 2. The van der Waals surface area contributed by atoms with E-state index >= 15 is 0 Å². The van der Waals surface area contributed by atoms with Gasteiger partial charge >= 0.3 is 0 Å². The average molecular weight is 401 g/mol. The molecule has 1 saturated heterocycles. The molecule has 2 unspecified atom stereocenters. The third-order valence-corrected chi connectivity index (χ3v) is 7.21. The summed E-state index contributed by atoms with van der Waals surface area (Å²) >= 11 is 6.13. The van der Waals surface area contributed by atoms with Gasteiger partial charge in [-0.2, -0.15) is 0 Å². The van der Waals surface area contributed by atoms with Gasteiger partial charge in [0.2, 0.25) is 11.8 Å². The molecule has 7 rings (SSSR count). The molecule has 1 aliphatic heterocycles. The first-order valence-electron chi connectivity index (χ1n) is 9.71. The van der Waals surface area contributed by atoms with E-state index in [1.54, 1.807) is 12.1 Å². The molecule has 2 aromatic carbocycles. The second-order valence-corrected chi connectivity index (χ2v) is 8.64. The zero-order valence-corrected chi connectivity index (χ0v) is 16.4. The molecular formula is C24H17ClN2O2. The fraction of sp³-hybridized carbons (Fsp3) is 0.208. The number of hydrogen-bond acceptors (Lipinski definition) is 3. The van der Waals surface area contributed by atoms with Gasteiger partial charge in [0.15, 0.2) is 0 Å². The summed E-state index contributed by atoms with van der Waals surface area (Å²) in [4.78, 5) is 32.9. The number of rotatable bonds is 1. The second kappa shape index (κ2) is 5.55. The highest BCUT2D eigenvalue weighted by Crippen LogP contribution is 2.63. The van der Waals surface area contributed by atoms with E-state index in [0.29, 0.717) is 10.8 Å². The summed E-state index contributed by atoms with van der Waals surface area (Å²) in [6.07, 6.45) is 1.53. The van der Waals surface area contributed by atoms with E-state index in [-0.39, 0.29) is 17.7 Å². The number of anilines is 1. The highest BCUT2D eigenvalue weighted by Gasteiger charge is 2.66. The molecule has 1 fully saturated rings. The SMILES string of the molecule is CC12c3ccccc3C(c3ccccc31)C1C(=O)N(c3cc(Cl)ccn3)C(=O)C12. The molecule has 3 aromatic rings. The van der Waals surface area contributed by atoms with Crippen LogP contribution in [-0.4, -0.2) is 16.8 Å². The Morgan fingerprint density at radius 1 is 0.931 bits per heavy atom. The Hall–Kier alpha value is -2.98. The van der Waals surface area contributed by atoms with Crippen LogP contribution in [0.4, 0.5) is 5.82 Å². The topological polar surface area (TPSA) is 50.3 Å². The molecular weight excluding hydrogens is 384 g/mol. The molecule has 3 aliphatic carbocycles. The van der Waals surface area contributed by atoms with Crippen molar-refractivity contribution in [3.05, 3.63) is 94.1 Å². The highest BCUT2D eigenvalue weighted by molar-refractivity contribution is 6.31. The first-order valence-corrected chi connectivity index (χ1v) is 10.1. The minimum absolute atomic E-state index is 0.130. The van der Waals surface area contributed by atoms with Crippen LogP contribution in [0.3, 0.4) is 0 Å². The number of halogens is 1. The van der Waals surface area contributed by atoms with Crippen LogP contribution in [0.5, 0.6) is 0 Å². The summed E-state index contributed by atoms with van der Waals surface area (Å²) in [6, 6.07) is 19.7. The number of pyridine rings is 1. The van der Waals surface area contributed by atoms with E-state index < -0.39 is 17.3 Å². The van der Waals surface area contributed by atoms with E-state index in [2.05, 4.69) is 36.2 Å². The van der Waals surface area contributed by atoms with Crippen LogP contribution in [-0.2, 0) is 15.0 Å². The molecule has 1 aromatic heterocycles. The molecule has 0 spiro atoms. The Morgan fingerprint density at radius 2 is 1.55 bits per heavy atom. The average Bonchev–Trinajstić information content (AvgIpc) is 3.00. The Labute approximate surface area is 173 Å². The van der Waals surface area contributed by atoms with Crippen molar-refractivity contribution in [3.8, 4) is 0 Å². The van der Waals surface area contributed by atoms with Crippen molar-refractivity contribution in [1.82, 2.24) is 4.98 Å². The maximum atomic E-state index is 13.7. The number of aromatic nitrogens is 1. The molecule has 5 heteroatoms. The minimum atomic E-state index is -0.563. The molecule has 2 heterocycles. The molecule has 4 aliphatic rings. The van der Waals surface area contributed by atoms with Crippen molar-refractivity contribution in [1.29, 1.82) is 0 Å². The van der Waals surface area contributed by atoms with Gasteiger partial charge in [0.25, 0.3) is 0 Å². The van der Waals surface area contributed by atoms with E-state index in [9.17, 15) is 9.59 Å². The van der Waals surface area contributed by atoms with Crippen molar-refractivity contribution in [2.45, 2.75) is 18.3 Å². The van der Waals surface area contributed by atoms with Crippen LogP contribution >= 0.6 is 11.6 Å². The number of imide groups is 1. The molecule has 0 saturated carbocycles. The van der Waals surface area contributed by atoms with Gasteiger partial charge in [0.1, 0.15) is 5.82 Å². The van der Waals surface area contributed by atoms with Gasteiger partial charge in [0.05, 0.1) is 11.8 Å². The first kappa shape index (κ1) is 16.9. The fourth-order valence-corrected chi connectivity index (χ4v) is 6.05. The van der Waals surface area contributed by atoms with E-state index in [1.807, 2.05) is 24.3 Å². The Morgan fingerprint density at radius 3 is 2.17 bits per heavy atom. The summed E-state index contributed by atoms with van der Waals surface area (Å²) in [5, 5.41) is 0.450. The lowest BCUT2D eigenvalue weighted by Gasteiger charge is -2.52. The third kappa shape index (κ3) is 1.92. The van der Waals surface area contributed by atoms with Crippen LogP contribution in [0, 0.1) is 11.8 Å². The van der Waals surface area contributed by atoms with Gasteiger partial charge in [0, 0.05) is 28.6 Å². The highest BCUT2D eigenvalue weighted by atomic mass is 35.5. The van der Waals surface area contributed by atoms with Gasteiger partial charge in [-0.25, -0.2) is 9.88 Å². The summed E-state index contributed by atoms with van der Waals surface area (Å²) < 4.78 is 0. The molecule has 29 heavy (non-hydrogen) atoms. The minimum Gasteiger partial charge on any atom is -0.274 e. The first-order chi connectivity index (χ1) is 14.0. The zero-order chi connectivity index (χ0) is 19.9. The molecule has 0 N–H and O–H groups in total. The van der Waals surface area contributed by atoms with Crippen molar-refractivity contribution in [2.75, 3.05) is 4.90 Å². The standard InChI is InChI=1S/C24H17ClN2O2/c1-24-16-8-4-2-6-14(16)19(15-7-3-5-9-17(15)24)20-21(24)23(29)27(22(20)28)18-12-13(25)10-11-26-18/h2-12,19-21H,1H3. The molecule has 2 bridgehead atoms. The summed E-state index contributed by atoms with van der Waals surface area (Å²) in [6.45, 7) is 2.11. The normalized spacial score (nSPS) is 28.9. The second-order valence-electron chi connectivity index (χ2n) is 8.20. The van der Waals surface area contributed by atoms with Gasteiger partial charge < -0.3 is 0 Å². The van der Waals surface area contributed by atoms with Crippen molar-refractivity contribution in [3.63, 3.8) is 0 Å². The predicted molar refractivity (Wildman–Crippen MR) is 110 cm³/mol. The summed E-state index contributed by atoms with van der Waals surface area (Å²) in [5.74, 6) is -1.09. The monoisotopic (exact) mass is 400 g/mol. The van der Waals surface area contributed by atoms with E-state index in [4.69, 9.17) is 11.6 Å². The van der Waals surface area contributed by atoms with Crippen molar-refractivity contribution < 1.29 is 9.59 Å². The number of amides is 2. The lowest BCUT2D eigenvalue weighted by molar-refractivity contribution is -0.123. The van der Waals surface area contributed by atoms with Gasteiger partial charge in [-0.1, -0.05) is 67.1 Å². The van der Waals surface area contributed by atoms with Crippen LogP contribution in [0.25, 0.3) is 0 Å². The lowest BCUT2D eigenvalue weighted by atomic mass is 9.48. The summed E-state index contributed by atoms with van der Waals surface area (Å²) in [7, 11) is 0. The van der Waals surface area contributed by atoms with E-state index in [0.717, 1.165) is 22.3 Å². The Bertz CT molecular complexity index is 1170. The number of nitrogens with zero attached hydrogens (tertiary/aromatic N) is 2. The number of benzene rings is 2. The van der Waals surface area contributed by atoms with Crippen LogP contribution in [0.2, 0.25) is 5.02 Å². The van der Waals surface area contributed by atoms with Crippen molar-refractivity contribution >= 4 is 29.2 Å². The smallest absolute Gasteiger partial charge is 0.240 e. The number of carbonyl (C=O) groups excluding carboxylic acids is 2. The lowest BCUT2D eigenvalue weighted by Crippen LogP contribution is -2.51. The quantitative estimate of drug-likeness (QED) is 0.572. The molecule has 2 atom stereocenters. The maximum absolute atomic E-state index is 13.7. The Balaban J connectivity index is 1.63. The van der Waals surface area contributed by atoms with Crippen LogP contribution in [0.1, 0.15) is 35.1 Å². The van der Waals surface area contributed by atoms with Crippen LogP contribution in [0.15, 0.2) is 66.9 Å². The molecule has 0 radical (unpaired) electrons. The van der Waals surface area contributed by atoms with E-state index in [1.165, 1.54) is 11.1 Å². The van der Waals surface area contributed by atoms with Crippen LogP contribution < -0.4 is 4.90 Å². The predicted octanol–water partition coefficient (Wildman–Crippen LogP) is 4.31. The van der Waals surface area contributed by atoms with Gasteiger partial charge in [-0.05, 0) is 28.3 Å².